The van der Waals surface area contributed by atoms with Gasteiger partial charge < -0.3 is 0 Å². The van der Waals surface area contributed by atoms with Crippen molar-refractivity contribution < 1.29 is 0 Å². The molecule has 3 nitrogen and oxygen atoms in total. The third-order valence-electron chi connectivity index (χ3n) is 4.35. The number of aromatic nitrogens is 2. The molecule has 0 spiro atoms. The number of nitrogens with zero attached hydrogens (tertiary/aromatic N) is 2. The zero-order chi connectivity index (χ0) is 15.6. The SMILES string of the molecule is O=c1c2c3c(sc2ncn1C/C=C/c1ccccc1)CCCC3. The lowest BCUT2D eigenvalue weighted by molar-refractivity contribution is 0.698. The van der Waals surface area contributed by atoms with Gasteiger partial charge in [0.2, 0.25) is 0 Å². The standard InChI is InChI=1S/C19H18N2OS/c22-19-17-15-10-4-5-11-16(15)23-18(17)20-13-21(19)12-6-9-14-7-2-1-3-8-14/h1-3,6-9,13H,4-5,10-12H2/b9-6+. The van der Waals surface area contributed by atoms with Crippen LogP contribution in [0.15, 0.2) is 47.5 Å². The van der Waals surface area contributed by atoms with E-state index >= 15 is 0 Å². The molecule has 0 unspecified atom stereocenters. The van der Waals surface area contributed by atoms with Gasteiger partial charge in [-0.2, -0.15) is 0 Å². The second kappa shape index (κ2) is 6.13. The summed E-state index contributed by atoms with van der Waals surface area (Å²) in [7, 11) is 0. The predicted octanol–water partition coefficient (Wildman–Crippen LogP) is 4.05. The predicted molar refractivity (Wildman–Crippen MR) is 96.0 cm³/mol. The fourth-order valence-corrected chi connectivity index (χ4v) is 4.40. The summed E-state index contributed by atoms with van der Waals surface area (Å²) in [5, 5.41) is 0.861. The molecule has 4 heteroatoms. The molecule has 0 N–H and O–H groups in total. The van der Waals surface area contributed by atoms with Crippen molar-refractivity contribution >= 4 is 27.6 Å². The van der Waals surface area contributed by atoms with E-state index in [1.54, 1.807) is 22.2 Å². The molecule has 116 valence electrons. The summed E-state index contributed by atoms with van der Waals surface area (Å²) in [6.07, 6.45) is 10.3. The number of hydrogen-bond donors (Lipinski definition) is 0. The van der Waals surface area contributed by atoms with Crippen LogP contribution in [-0.4, -0.2) is 9.55 Å². The average molecular weight is 322 g/mol. The van der Waals surface area contributed by atoms with Crippen LogP contribution in [0.3, 0.4) is 0 Å². The highest BCUT2D eigenvalue weighted by atomic mass is 32.1. The van der Waals surface area contributed by atoms with E-state index in [-0.39, 0.29) is 5.56 Å². The van der Waals surface area contributed by atoms with Gasteiger partial charge in [0.05, 0.1) is 11.7 Å². The fourth-order valence-electron chi connectivity index (χ4n) is 3.18. The van der Waals surface area contributed by atoms with E-state index in [4.69, 9.17) is 0 Å². The Morgan fingerprint density at radius 2 is 2.00 bits per heavy atom. The second-order valence-corrected chi connectivity index (χ2v) is 6.99. The number of thiophene rings is 1. The average Bonchev–Trinajstić information content (AvgIpc) is 2.97. The maximum Gasteiger partial charge on any atom is 0.262 e. The molecule has 23 heavy (non-hydrogen) atoms. The molecular weight excluding hydrogens is 304 g/mol. The monoisotopic (exact) mass is 322 g/mol. The molecular formula is C19H18N2OS. The molecule has 1 aromatic carbocycles. The van der Waals surface area contributed by atoms with Crippen LogP contribution in [0.1, 0.15) is 28.8 Å². The largest absolute Gasteiger partial charge is 0.295 e. The number of rotatable bonds is 3. The maximum atomic E-state index is 12.8. The smallest absolute Gasteiger partial charge is 0.262 e. The van der Waals surface area contributed by atoms with Crippen molar-refractivity contribution in [3.63, 3.8) is 0 Å². The summed E-state index contributed by atoms with van der Waals surface area (Å²) in [5.41, 5.74) is 2.50. The lowest BCUT2D eigenvalue weighted by Gasteiger charge is -2.10. The van der Waals surface area contributed by atoms with Gasteiger partial charge in [0, 0.05) is 11.4 Å². The van der Waals surface area contributed by atoms with Crippen LogP contribution in [-0.2, 0) is 19.4 Å². The van der Waals surface area contributed by atoms with Crippen molar-refractivity contribution in [1.82, 2.24) is 9.55 Å². The van der Waals surface area contributed by atoms with E-state index in [9.17, 15) is 4.79 Å². The molecule has 0 saturated heterocycles. The van der Waals surface area contributed by atoms with Gasteiger partial charge in [-0.05, 0) is 36.8 Å². The highest BCUT2D eigenvalue weighted by Crippen LogP contribution is 2.33. The molecule has 1 aliphatic carbocycles. The van der Waals surface area contributed by atoms with Crippen LogP contribution < -0.4 is 5.56 Å². The summed E-state index contributed by atoms with van der Waals surface area (Å²) in [6.45, 7) is 0.557. The number of hydrogen-bond acceptors (Lipinski definition) is 3. The van der Waals surface area contributed by atoms with Gasteiger partial charge in [0.1, 0.15) is 4.83 Å². The Hall–Kier alpha value is -2.20. The van der Waals surface area contributed by atoms with Crippen molar-refractivity contribution in [3.8, 4) is 0 Å². The minimum Gasteiger partial charge on any atom is -0.295 e. The molecule has 0 radical (unpaired) electrons. The molecule has 0 atom stereocenters. The Morgan fingerprint density at radius 3 is 2.87 bits per heavy atom. The summed E-state index contributed by atoms with van der Waals surface area (Å²) in [4.78, 5) is 19.6. The van der Waals surface area contributed by atoms with Crippen LogP contribution in [0.2, 0.25) is 0 Å². The zero-order valence-corrected chi connectivity index (χ0v) is 13.7. The van der Waals surface area contributed by atoms with Crippen LogP contribution in [0.4, 0.5) is 0 Å². The Bertz CT molecular complexity index is 922. The Balaban J connectivity index is 1.67. The molecule has 4 rings (SSSR count). The molecule has 0 bridgehead atoms. The van der Waals surface area contributed by atoms with Gasteiger partial charge in [0.15, 0.2) is 0 Å². The minimum atomic E-state index is 0.104. The number of allylic oxidation sites excluding steroid dienone is 1. The number of aryl methyl sites for hydroxylation is 2. The first-order chi connectivity index (χ1) is 11.3. The molecule has 0 amide bonds. The molecule has 3 aromatic rings. The second-order valence-electron chi connectivity index (χ2n) is 5.91. The van der Waals surface area contributed by atoms with E-state index in [2.05, 4.69) is 17.1 Å². The molecule has 0 aliphatic heterocycles. The van der Waals surface area contributed by atoms with Gasteiger partial charge in [-0.15, -0.1) is 11.3 Å². The normalized spacial score (nSPS) is 14.4. The van der Waals surface area contributed by atoms with Crippen molar-refractivity contribution in [1.29, 1.82) is 0 Å². The summed E-state index contributed by atoms with van der Waals surface area (Å²) < 4.78 is 1.71. The number of fused-ring (bicyclic) bond motifs is 3. The highest BCUT2D eigenvalue weighted by molar-refractivity contribution is 7.18. The Morgan fingerprint density at radius 1 is 1.17 bits per heavy atom. The Labute approximate surface area is 138 Å². The van der Waals surface area contributed by atoms with Crippen molar-refractivity contribution in [2.45, 2.75) is 32.2 Å². The fraction of sp³-hybridized carbons (Fsp3) is 0.263. The minimum absolute atomic E-state index is 0.104. The molecule has 0 fully saturated rings. The molecule has 2 aromatic heterocycles. The van der Waals surface area contributed by atoms with E-state index in [0.29, 0.717) is 6.54 Å². The van der Waals surface area contributed by atoms with Crippen LogP contribution in [0.5, 0.6) is 0 Å². The van der Waals surface area contributed by atoms with Gasteiger partial charge in [-0.1, -0.05) is 42.5 Å². The van der Waals surface area contributed by atoms with E-state index in [0.717, 1.165) is 28.6 Å². The summed E-state index contributed by atoms with van der Waals surface area (Å²) in [5.74, 6) is 0. The quantitative estimate of drug-likeness (QED) is 0.729. The van der Waals surface area contributed by atoms with Crippen molar-refractivity contribution in [3.05, 3.63) is 69.1 Å². The van der Waals surface area contributed by atoms with E-state index < -0.39 is 0 Å². The third kappa shape index (κ3) is 2.75. The molecule has 0 saturated carbocycles. The van der Waals surface area contributed by atoms with Gasteiger partial charge in [-0.25, -0.2) is 4.98 Å². The number of benzene rings is 1. The van der Waals surface area contributed by atoms with Crippen molar-refractivity contribution in [2.24, 2.45) is 0 Å². The summed E-state index contributed by atoms with van der Waals surface area (Å²) >= 11 is 1.70. The topological polar surface area (TPSA) is 34.9 Å². The first kappa shape index (κ1) is 14.4. The van der Waals surface area contributed by atoms with E-state index in [1.807, 2.05) is 30.4 Å². The van der Waals surface area contributed by atoms with Crippen LogP contribution in [0, 0.1) is 0 Å². The Kier molecular flexibility index (Phi) is 3.83. The summed E-state index contributed by atoms with van der Waals surface area (Å²) in [6, 6.07) is 10.1. The first-order valence-electron chi connectivity index (χ1n) is 8.04. The van der Waals surface area contributed by atoms with E-state index in [1.165, 1.54) is 23.3 Å². The van der Waals surface area contributed by atoms with Crippen LogP contribution in [0.25, 0.3) is 16.3 Å². The lowest BCUT2D eigenvalue weighted by atomic mass is 9.97. The molecule has 1 aliphatic rings. The molecule has 2 heterocycles. The van der Waals surface area contributed by atoms with Crippen molar-refractivity contribution in [2.75, 3.05) is 0 Å². The van der Waals surface area contributed by atoms with Gasteiger partial charge in [0.25, 0.3) is 5.56 Å². The van der Waals surface area contributed by atoms with Crippen LogP contribution >= 0.6 is 11.3 Å². The van der Waals surface area contributed by atoms with Gasteiger partial charge >= 0.3 is 0 Å². The maximum absolute atomic E-state index is 12.8. The first-order valence-corrected chi connectivity index (χ1v) is 8.86. The zero-order valence-electron chi connectivity index (χ0n) is 12.9. The third-order valence-corrected chi connectivity index (χ3v) is 5.55. The highest BCUT2D eigenvalue weighted by Gasteiger charge is 2.19. The van der Waals surface area contributed by atoms with Gasteiger partial charge in [-0.3, -0.25) is 9.36 Å². The lowest BCUT2D eigenvalue weighted by Crippen LogP contribution is -2.20.